The van der Waals surface area contributed by atoms with Gasteiger partial charge in [-0.1, -0.05) is 93.5 Å². The minimum Gasteiger partial charge on any atom is -0.507 e. The van der Waals surface area contributed by atoms with Gasteiger partial charge in [0.05, 0.1) is 37.3 Å². The fourth-order valence-electron chi connectivity index (χ4n) is 11.2. The van der Waals surface area contributed by atoms with Crippen molar-refractivity contribution in [1.29, 1.82) is 0 Å². The predicted octanol–water partition coefficient (Wildman–Crippen LogP) is 8.21. The maximum Gasteiger partial charge on any atom is 0.303 e. The van der Waals surface area contributed by atoms with Gasteiger partial charge < -0.3 is 40.9 Å². The van der Waals surface area contributed by atoms with Crippen LogP contribution in [-0.2, 0) is 20.4 Å². The SMILES string of the molecule is Cc1cc(C(CC(=O)O)CC(C)(C)C2C(O)CC3(CC2O)CC(O)C(C(C)(C)CC(CC(=O)O)c2cc(C)c(O)c(C(C)(C)C)c2)C(O)C3)cc(C(C)(C)C)c1O. The van der Waals surface area contributed by atoms with Crippen molar-refractivity contribution in [2.45, 2.75) is 182 Å². The number of phenolic OH excluding ortho intramolecular Hbond substituents is 2. The normalized spacial score (nSPS) is 27.3. The second kappa shape index (κ2) is 16.5. The highest BCUT2D eigenvalue weighted by Crippen LogP contribution is 2.58. The molecule has 0 bridgehead atoms. The summed E-state index contributed by atoms with van der Waals surface area (Å²) in [5, 5.41) is 89.3. The van der Waals surface area contributed by atoms with Crippen molar-refractivity contribution in [2.24, 2.45) is 28.1 Å². The second-order valence-electron chi connectivity index (χ2n) is 21.6. The Labute approximate surface area is 340 Å². The van der Waals surface area contributed by atoms with Crippen molar-refractivity contribution in [1.82, 2.24) is 0 Å². The first-order chi connectivity index (χ1) is 25.9. The Morgan fingerprint density at radius 1 is 0.579 bits per heavy atom. The number of hydrogen-bond donors (Lipinski definition) is 8. The van der Waals surface area contributed by atoms with Gasteiger partial charge in [-0.2, -0.15) is 0 Å². The molecule has 10 heteroatoms. The third-order valence-corrected chi connectivity index (χ3v) is 13.6. The van der Waals surface area contributed by atoms with Crippen LogP contribution in [0.15, 0.2) is 24.3 Å². The van der Waals surface area contributed by atoms with Crippen molar-refractivity contribution < 1.29 is 50.4 Å². The molecule has 6 atom stereocenters. The maximum atomic E-state index is 12.2. The van der Waals surface area contributed by atoms with Crippen LogP contribution in [0.3, 0.4) is 0 Å². The van der Waals surface area contributed by atoms with Gasteiger partial charge in [-0.15, -0.1) is 0 Å². The number of phenols is 2. The van der Waals surface area contributed by atoms with E-state index in [1.165, 1.54) is 0 Å². The van der Waals surface area contributed by atoms with Crippen LogP contribution in [0.25, 0.3) is 0 Å². The first-order valence-corrected chi connectivity index (χ1v) is 20.7. The zero-order chi connectivity index (χ0) is 43.4. The molecule has 0 heterocycles. The van der Waals surface area contributed by atoms with Crippen molar-refractivity contribution >= 4 is 11.9 Å². The zero-order valence-electron chi connectivity index (χ0n) is 36.5. The number of benzene rings is 2. The number of carboxylic acid groups (broad SMARTS) is 2. The van der Waals surface area contributed by atoms with Crippen LogP contribution in [0.5, 0.6) is 11.5 Å². The predicted molar refractivity (Wildman–Crippen MR) is 222 cm³/mol. The van der Waals surface area contributed by atoms with Crippen molar-refractivity contribution in [3.05, 3.63) is 57.6 Å². The summed E-state index contributed by atoms with van der Waals surface area (Å²) in [6.45, 7) is 23.4. The van der Waals surface area contributed by atoms with E-state index in [0.29, 0.717) is 24.0 Å². The first kappa shape index (κ1) is 46.5. The summed E-state index contributed by atoms with van der Waals surface area (Å²) in [5.41, 5.74) is 1.38. The molecule has 57 heavy (non-hydrogen) atoms. The number of hydrogen-bond acceptors (Lipinski definition) is 8. The number of rotatable bonds is 12. The molecule has 320 valence electrons. The highest BCUT2D eigenvalue weighted by atomic mass is 16.4. The van der Waals surface area contributed by atoms with Gasteiger partial charge in [-0.05, 0) is 125 Å². The standard InChI is InChI=1S/C47H72O10/c1-25-13-27(15-31(41(25)56)43(3,4)5)29(17-37(52)53)19-45(9,10)39-33(48)21-47(22-34(39)49)23-35(50)40(36(51)24-47)46(11,12)20-30(18-38(54)55)28-14-26(2)42(57)32(16-28)44(6,7)8/h13-16,29-30,33-36,39-40,48-51,56-57H,17-24H2,1-12H3,(H,52,53)(H,54,55). The number of aryl methyl sites for hydroxylation is 2. The molecule has 0 saturated heterocycles. The highest BCUT2D eigenvalue weighted by molar-refractivity contribution is 5.69. The smallest absolute Gasteiger partial charge is 0.303 e. The largest absolute Gasteiger partial charge is 0.507 e. The quantitative estimate of drug-likeness (QED) is 0.104. The number of aliphatic hydroxyl groups is 4. The van der Waals surface area contributed by atoms with E-state index in [-0.39, 0.29) is 60.9 Å². The summed E-state index contributed by atoms with van der Waals surface area (Å²) in [7, 11) is 0. The molecule has 2 fully saturated rings. The topological polar surface area (TPSA) is 196 Å². The number of carboxylic acids is 2. The van der Waals surface area contributed by atoms with Crippen LogP contribution in [0.1, 0.15) is 166 Å². The van der Waals surface area contributed by atoms with E-state index < -0.39 is 76.3 Å². The van der Waals surface area contributed by atoms with E-state index in [0.717, 1.165) is 22.3 Å². The Kier molecular flexibility index (Phi) is 13.4. The van der Waals surface area contributed by atoms with E-state index in [2.05, 4.69) is 0 Å². The summed E-state index contributed by atoms with van der Waals surface area (Å²) in [4.78, 5) is 24.4. The molecular formula is C47H72O10. The molecule has 0 aromatic heterocycles. The van der Waals surface area contributed by atoms with Crippen LogP contribution in [-0.4, -0.2) is 77.2 Å². The Morgan fingerprint density at radius 2 is 0.860 bits per heavy atom. The fraction of sp³-hybridized carbons (Fsp3) is 0.702. The molecule has 10 nitrogen and oxygen atoms in total. The van der Waals surface area contributed by atoms with Gasteiger partial charge in [-0.25, -0.2) is 0 Å². The van der Waals surface area contributed by atoms with Gasteiger partial charge in [0.25, 0.3) is 0 Å². The Hall–Kier alpha value is -3.18. The van der Waals surface area contributed by atoms with Crippen molar-refractivity contribution in [2.75, 3.05) is 0 Å². The minimum absolute atomic E-state index is 0.160. The molecule has 2 aliphatic rings. The Balaban J connectivity index is 1.57. The molecule has 4 rings (SSSR count). The van der Waals surface area contributed by atoms with Crippen molar-refractivity contribution in [3.63, 3.8) is 0 Å². The molecule has 0 radical (unpaired) electrons. The summed E-state index contributed by atoms with van der Waals surface area (Å²) < 4.78 is 0. The lowest BCUT2D eigenvalue weighted by molar-refractivity contribution is -0.178. The fourth-order valence-corrected chi connectivity index (χ4v) is 11.2. The molecule has 2 aromatic rings. The van der Waals surface area contributed by atoms with Gasteiger partial charge in [0, 0.05) is 11.8 Å². The Morgan fingerprint density at radius 3 is 1.11 bits per heavy atom. The minimum atomic E-state index is -0.987. The average molecular weight is 797 g/mol. The molecule has 0 aliphatic heterocycles. The van der Waals surface area contributed by atoms with Crippen LogP contribution in [0.2, 0.25) is 0 Å². The molecule has 2 saturated carbocycles. The van der Waals surface area contributed by atoms with Gasteiger partial charge in [0.15, 0.2) is 0 Å². The number of aliphatic hydroxyl groups excluding tert-OH is 4. The second-order valence-corrected chi connectivity index (χ2v) is 21.6. The summed E-state index contributed by atoms with van der Waals surface area (Å²) in [6.07, 6.45) is -2.55. The number of aromatic hydroxyl groups is 2. The summed E-state index contributed by atoms with van der Waals surface area (Å²) in [5.74, 6) is -3.67. The molecule has 8 N–H and O–H groups in total. The molecule has 2 aliphatic carbocycles. The molecule has 0 amide bonds. The third kappa shape index (κ3) is 10.3. The lowest BCUT2D eigenvalue weighted by atomic mass is 9.51. The van der Waals surface area contributed by atoms with E-state index in [1.54, 1.807) is 13.8 Å². The van der Waals surface area contributed by atoms with Crippen LogP contribution >= 0.6 is 0 Å². The van der Waals surface area contributed by atoms with E-state index in [9.17, 15) is 50.4 Å². The third-order valence-electron chi connectivity index (χ3n) is 13.6. The lowest BCUT2D eigenvalue weighted by Crippen LogP contribution is -2.58. The summed E-state index contributed by atoms with van der Waals surface area (Å²) >= 11 is 0. The maximum absolute atomic E-state index is 12.2. The van der Waals surface area contributed by atoms with Crippen LogP contribution in [0.4, 0.5) is 0 Å². The molecule has 1 spiro atoms. The van der Waals surface area contributed by atoms with E-state index in [4.69, 9.17) is 0 Å². The number of aliphatic carboxylic acids is 2. The van der Waals surface area contributed by atoms with Crippen molar-refractivity contribution in [3.8, 4) is 11.5 Å². The van der Waals surface area contributed by atoms with Gasteiger partial charge >= 0.3 is 11.9 Å². The van der Waals surface area contributed by atoms with Crippen LogP contribution < -0.4 is 0 Å². The monoisotopic (exact) mass is 797 g/mol. The Bertz CT molecular complexity index is 1620. The van der Waals surface area contributed by atoms with Crippen LogP contribution in [0, 0.1) is 41.9 Å². The molecule has 6 unspecified atom stereocenters. The number of carbonyl (C=O) groups is 2. The molecular weight excluding hydrogens is 725 g/mol. The lowest BCUT2D eigenvalue weighted by Gasteiger charge is -2.56. The molecule has 2 aromatic carbocycles. The van der Waals surface area contributed by atoms with Gasteiger partial charge in [0.1, 0.15) is 11.5 Å². The van der Waals surface area contributed by atoms with Gasteiger partial charge in [-0.3, -0.25) is 9.59 Å². The van der Waals surface area contributed by atoms with E-state index >= 15 is 0 Å². The highest BCUT2D eigenvalue weighted by Gasteiger charge is 2.56. The zero-order valence-corrected chi connectivity index (χ0v) is 36.5. The van der Waals surface area contributed by atoms with Gasteiger partial charge in [0.2, 0.25) is 0 Å². The average Bonchev–Trinajstić information content (AvgIpc) is 2.99. The van der Waals surface area contributed by atoms with E-state index in [1.807, 2.05) is 93.5 Å². The summed E-state index contributed by atoms with van der Waals surface area (Å²) in [6, 6.07) is 7.43. The first-order valence-electron chi connectivity index (χ1n) is 20.7.